The first-order chi connectivity index (χ1) is 11.1. The van der Waals surface area contributed by atoms with Crippen LogP contribution < -0.4 is 10.9 Å². The van der Waals surface area contributed by atoms with Gasteiger partial charge in [0.05, 0.1) is 15.5 Å². The highest BCUT2D eigenvalue weighted by Crippen LogP contribution is 2.27. The molecule has 0 radical (unpaired) electrons. The standard InChI is InChI=1S/C15H10ClN3O2S2/c16-10-5-2-1-4-9(10)13(20)18-19-14(21)11-8-23-15(17-11)12-6-3-7-22-12/h1-8H,(H,18,20)(H,19,21). The van der Waals surface area contributed by atoms with Crippen LogP contribution in [0.5, 0.6) is 0 Å². The van der Waals surface area contributed by atoms with E-state index in [2.05, 4.69) is 15.8 Å². The fourth-order valence-corrected chi connectivity index (χ4v) is 3.62. The topological polar surface area (TPSA) is 71.1 Å². The maximum absolute atomic E-state index is 12.0. The van der Waals surface area contributed by atoms with Crippen LogP contribution in [0.3, 0.4) is 0 Å². The molecule has 0 aliphatic rings. The number of nitrogens with zero attached hydrogens (tertiary/aromatic N) is 1. The summed E-state index contributed by atoms with van der Waals surface area (Å²) in [6.07, 6.45) is 0. The van der Waals surface area contributed by atoms with Gasteiger partial charge >= 0.3 is 0 Å². The number of thiazole rings is 1. The minimum absolute atomic E-state index is 0.248. The average Bonchev–Trinajstić information content (AvgIpc) is 3.23. The number of nitrogens with one attached hydrogen (secondary N) is 2. The van der Waals surface area contributed by atoms with Crippen LogP contribution >= 0.6 is 34.3 Å². The van der Waals surface area contributed by atoms with Gasteiger partial charge in [-0.15, -0.1) is 22.7 Å². The first-order valence-corrected chi connectivity index (χ1v) is 8.63. The molecular formula is C15H10ClN3O2S2. The third-order valence-corrected chi connectivity index (χ3v) is 5.09. The fraction of sp³-hybridized carbons (Fsp3) is 0. The molecule has 0 aliphatic heterocycles. The van der Waals surface area contributed by atoms with Crippen LogP contribution in [0.1, 0.15) is 20.8 Å². The third kappa shape index (κ3) is 3.58. The largest absolute Gasteiger partial charge is 0.289 e. The van der Waals surface area contributed by atoms with E-state index in [1.807, 2.05) is 17.5 Å². The normalized spacial score (nSPS) is 10.3. The molecule has 2 N–H and O–H groups in total. The van der Waals surface area contributed by atoms with Crippen molar-refractivity contribution in [1.82, 2.24) is 15.8 Å². The van der Waals surface area contributed by atoms with Gasteiger partial charge in [-0.1, -0.05) is 29.8 Å². The molecule has 2 amide bonds. The zero-order valence-corrected chi connectivity index (χ0v) is 14.0. The van der Waals surface area contributed by atoms with Crippen LogP contribution in [0.4, 0.5) is 0 Å². The van der Waals surface area contributed by atoms with Crippen LogP contribution in [0.2, 0.25) is 5.02 Å². The zero-order valence-electron chi connectivity index (χ0n) is 11.6. The SMILES string of the molecule is O=C(NNC(=O)c1ccccc1Cl)c1csc(-c2cccs2)n1. The van der Waals surface area contributed by atoms with E-state index in [0.29, 0.717) is 5.02 Å². The van der Waals surface area contributed by atoms with Crippen molar-refractivity contribution in [3.05, 3.63) is 63.4 Å². The molecule has 0 atom stereocenters. The molecule has 5 nitrogen and oxygen atoms in total. The number of benzene rings is 1. The molecule has 0 bridgehead atoms. The molecule has 3 rings (SSSR count). The second kappa shape index (κ2) is 6.91. The lowest BCUT2D eigenvalue weighted by molar-refractivity contribution is 0.0844. The minimum atomic E-state index is -0.488. The van der Waals surface area contributed by atoms with E-state index in [0.717, 1.165) is 9.88 Å². The van der Waals surface area contributed by atoms with Gasteiger partial charge in [-0.25, -0.2) is 4.98 Å². The molecule has 1 aromatic carbocycles. The highest BCUT2D eigenvalue weighted by molar-refractivity contribution is 7.20. The summed E-state index contributed by atoms with van der Waals surface area (Å²) in [6.45, 7) is 0. The summed E-state index contributed by atoms with van der Waals surface area (Å²) in [5.74, 6) is -0.970. The highest BCUT2D eigenvalue weighted by Gasteiger charge is 2.14. The number of hydrogen-bond donors (Lipinski definition) is 2. The predicted octanol–water partition coefficient (Wildman–Crippen LogP) is 3.60. The maximum Gasteiger partial charge on any atom is 0.289 e. The Bertz CT molecular complexity index is 846. The minimum Gasteiger partial charge on any atom is -0.267 e. The van der Waals surface area contributed by atoms with Crippen LogP contribution in [0.15, 0.2) is 47.2 Å². The van der Waals surface area contributed by atoms with E-state index in [1.165, 1.54) is 11.3 Å². The van der Waals surface area contributed by atoms with E-state index >= 15 is 0 Å². The Morgan fingerprint density at radius 2 is 1.78 bits per heavy atom. The number of hydrazine groups is 1. The quantitative estimate of drug-likeness (QED) is 0.698. The first kappa shape index (κ1) is 15.7. The molecule has 3 aromatic rings. The average molecular weight is 364 g/mol. The number of aromatic nitrogens is 1. The summed E-state index contributed by atoms with van der Waals surface area (Å²) < 4.78 is 0. The van der Waals surface area contributed by atoms with Crippen molar-refractivity contribution in [3.63, 3.8) is 0 Å². The Balaban J connectivity index is 1.64. The fourth-order valence-electron chi connectivity index (χ4n) is 1.78. The van der Waals surface area contributed by atoms with Gasteiger partial charge in [0, 0.05) is 5.38 Å². The molecule has 2 heterocycles. The molecule has 0 spiro atoms. The number of carbonyl (C=O) groups is 2. The summed E-state index contributed by atoms with van der Waals surface area (Å²) in [4.78, 5) is 29.3. The van der Waals surface area contributed by atoms with Gasteiger partial charge in [0.2, 0.25) is 0 Å². The highest BCUT2D eigenvalue weighted by atomic mass is 35.5. The first-order valence-electron chi connectivity index (χ1n) is 6.50. The Hall–Kier alpha value is -2.22. The van der Waals surface area contributed by atoms with E-state index in [4.69, 9.17) is 11.6 Å². The summed E-state index contributed by atoms with van der Waals surface area (Å²) >= 11 is 8.85. The van der Waals surface area contributed by atoms with E-state index in [1.54, 1.807) is 41.0 Å². The molecule has 0 unspecified atom stereocenters. The summed E-state index contributed by atoms with van der Waals surface area (Å²) in [5.41, 5.74) is 5.19. The maximum atomic E-state index is 12.0. The van der Waals surface area contributed by atoms with Crippen molar-refractivity contribution < 1.29 is 9.59 Å². The Labute approximate surface area is 144 Å². The van der Waals surface area contributed by atoms with Crippen molar-refractivity contribution in [2.75, 3.05) is 0 Å². The summed E-state index contributed by atoms with van der Waals surface area (Å²) in [5, 5.41) is 4.67. The van der Waals surface area contributed by atoms with E-state index in [9.17, 15) is 9.59 Å². The van der Waals surface area contributed by atoms with E-state index < -0.39 is 11.8 Å². The van der Waals surface area contributed by atoms with Crippen LogP contribution in [0, 0.1) is 0 Å². The molecular weight excluding hydrogens is 354 g/mol. The molecule has 8 heteroatoms. The van der Waals surface area contributed by atoms with Crippen LogP contribution in [-0.2, 0) is 0 Å². The van der Waals surface area contributed by atoms with Gasteiger partial charge in [-0.3, -0.25) is 20.4 Å². The van der Waals surface area contributed by atoms with Crippen molar-refractivity contribution >= 4 is 46.1 Å². The lowest BCUT2D eigenvalue weighted by Crippen LogP contribution is -2.41. The second-order valence-corrected chi connectivity index (χ2v) is 6.62. The Morgan fingerprint density at radius 1 is 1.00 bits per heavy atom. The number of hydrogen-bond acceptors (Lipinski definition) is 5. The van der Waals surface area contributed by atoms with Crippen molar-refractivity contribution in [2.24, 2.45) is 0 Å². The van der Waals surface area contributed by atoms with Gasteiger partial charge in [-0.2, -0.15) is 0 Å². The molecule has 116 valence electrons. The third-order valence-electron chi connectivity index (χ3n) is 2.88. The van der Waals surface area contributed by atoms with Gasteiger partial charge in [0.1, 0.15) is 10.7 Å². The Morgan fingerprint density at radius 3 is 2.52 bits per heavy atom. The van der Waals surface area contributed by atoms with Crippen molar-refractivity contribution in [3.8, 4) is 9.88 Å². The number of rotatable bonds is 3. The van der Waals surface area contributed by atoms with Crippen molar-refractivity contribution in [2.45, 2.75) is 0 Å². The van der Waals surface area contributed by atoms with Gasteiger partial charge in [-0.05, 0) is 23.6 Å². The smallest absolute Gasteiger partial charge is 0.267 e. The lowest BCUT2D eigenvalue weighted by atomic mass is 10.2. The molecule has 0 fully saturated rings. The predicted molar refractivity (Wildman–Crippen MR) is 91.8 cm³/mol. The number of carbonyl (C=O) groups excluding carboxylic acids is 2. The molecule has 0 saturated heterocycles. The van der Waals surface area contributed by atoms with Crippen LogP contribution in [-0.4, -0.2) is 16.8 Å². The molecule has 0 aliphatic carbocycles. The molecule has 2 aromatic heterocycles. The number of thiophene rings is 1. The lowest BCUT2D eigenvalue weighted by Gasteiger charge is -2.07. The number of amides is 2. The zero-order chi connectivity index (χ0) is 16.2. The molecule has 23 heavy (non-hydrogen) atoms. The summed E-state index contributed by atoms with van der Waals surface area (Å²) in [7, 11) is 0. The van der Waals surface area contributed by atoms with Gasteiger partial charge in [0.15, 0.2) is 0 Å². The monoisotopic (exact) mass is 363 g/mol. The summed E-state index contributed by atoms with van der Waals surface area (Å²) in [6, 6.07) is 10.4. The van der Waals surface area contributed by atoms with E-state index in [-0.39, 0.29) is 11.3 Å². The molecule has 0 saturated carbocycles. The van der Waals surface area contributed by atoms with Crippen molar-refractivity contribution in [1.29, 1.82) is 0 Å². The Kier molecular flexibility index (Phi) is 4.71. The van der Waals surface area contributed by atoms with Gasteiger partial charge < -0.3 is 0 Å². The second-order valence-electron chi connectivity index (χ2n) is 4.40. The number of halogens is 1. The van der Waals surface area contributed by atoms with Gasteiger partial charge in [0.25, 0.3) is 11.8 Å². The van der Waals surface area contributed by atoms with Crippen LogP contribution in [0.25, 0.3) is 9.88 Å².